The van der Waals surface area contributed by atoms with E-state index in [-0.39, 0.29) is 33.6 Å². The van der Waals surface area contributed by atoms with Crippen molar-refractivity contribution >= 4 is 25.0 Å². The molecule has 0 saturated heterocycles. The van der Waals surface area contributed by atoms with Crippen LogP contribution in [0.4, 0.5) is 143 Å². The molecule has 33 heteroatoms. The number of hydrogen-bond acceptors (Lipinski definition) is 1. The zero-order valence-corrected chi connectivity index (χ0v) is 35.7. The summed E-state index contributed by atoms with van der Waals surface area (Å²) in [4.78, 5) is 0.662. The van der Waals surface area contributed by atoms with Crippen molar-refractivity contribution in [3.05, 3.63) is 57.6 Å². The maximum atomic E-state index is 15.3. The highest BCUT2D eigenvalue weighted by molar-refractivity contribution is 6.50. The third-order valence-electron chi connectivity index (χ3n) is 10.7. The van der Waals surface area contributed by atoms with Gasteiger partial charge < -0.3 is 17.3 Å². The highest BCUT2D eigenvalue weighted by Gasteiger charge is 2.92. The van der Waals surface area contributed by atoms with Gasteiger partial charge in [0.25, 0.3) is 0 Å². The van der Waals surface area contributed by atoms with Crippen molar-refractivity contribution in [3.63, 3.8) is 0 Å². The quantitative estimate of drug-likeness (QED) is 0.0922. The molecule has 0 aliphatic carbocycles. The number of aryl methyl sites for hydroxylation is 6. The lowest BCUT2D eigenvalue weighted by atomic mass is 9.87. The molecule has 0 aromatic heterocycles. The Kier molecular flexibility index (Phi) is 16.6. The third-order valence-corrected chi connectivity index (χ3v) is 10.7. The van der Waals surface area contributed by atoms with Crippen LogP contribution in [0.25, 0.3) is 0 Å². The van der Waals surface area contributed by atoms with E-state index >= 15 is 17.6 Å². The largest absolute Gasteiger partial charge is 0.673 e. The Bertz CT molecular complexity index is 2170. The zero-order valence-electron chi connectivity index (χ0n) is 35.7. The second-order valence-corrected chi connectivity index (χ2v) is 16.1. The van der Waals surface area contributed by atoms with E-state index in [1.807, 2.05) is 0 Å². The number of halogens is 30. The van der Waals surface area contributed by atoms with Gasteiger partial charge in [-0.3, -0.25) is 0 Å². The molecule has 0 spiro atoms. The monoisotopic (exact) mass is 1090 g/mol. The summed E-state index contributed by atoms with van der Waals surface area (Å²) in [5.74, 6) is -78.9. The molecule has 0 N–H and O–H groups in total. The Morgan fingerprint density at radius 3 is 0.986 bits per heavy atom. The van der Waals surface area contributed by atoms with E-state index in [2.05, 4.69) is 0 Å². The molecule has 2 unspecified atom stereocenters. The third kappa shape index (κ3) is 10.7. The Labute approximate surface area is 374 Å². The Morgan fingerprint density at radius 1 is 0.414 bits per heavy atom. The number of hydrogen-bond donors (Lipinski definition) is 0. The fourth-order valence-corrected chi connectivity index (χ4v) is 7.52. The molecule has 2 atom stereocenters. The van der Waals surface area contributed by atoms with Crippen molar-refractivity contribution in [2.45, 2.75) is 151 Å². The van der Waals surface area contributed by atoms with Gasteiger partial charge in [-0.15, -0.1) is 0 Å². The normalized spacial score (nSPS) is 18.0. The molecule has 2 aromatic carbocycles. The number of alkyl halides is 26. The first-order valence-corrected chi connectivity index (χ1v) is 18.9. The molecule has 0 fully saturated rings. The lowest BCUT2D eigenvalue weighted by Gasteiger charge is -2.40. The van der Waals surface area contributed by atoms with E-state index < -0.39 is 117 Å². The molecule has 1 heterocycles. The van der Waals surface area contributed by atoms with Crippen LogP contribution in [-0.2, 0) is 0 Å². The standard InChI is InChI=1S/C37H33F26N2.BF4/c1-16-11-18(3)24(19(4)12-16)64-15-65(25-20(5)13-17(2)14-21(25)6)23(8-10-27(40,41)29(44,45)31(48,49)33(52,53)35(56,57)37(61,62)63)22(64)7-9-26(38,39)28(42,43)30(46,47)32(50,51)34(54,55)36(58,59)60;2-1(3,4)5/h11-15,22-23H,7-10H2,1-6H3;/q+1;-1. The summed E-state index contributed by atoms with van der Waals surface area (Å²) in [6, 6.07) is 0.230. The highest BCUT2D eigenvalue weighted by Crippen LogP contribution is 2.63. The Morgan fingerprint density at radius 2 is 0.686 bits per heavy atom. The van der Waals surface area contributed by atoms with Crippen LogP contribution in [0, 0.1) is 41.5 Å². The van der Waals surface area contributed by atoms with Crippen LogP contribution < -0.4 is 4.90 Å². The van der Waals surface area contributed by atoms with Gasteiger partial charge >= 0.3 is 78.8 Å². The SMILES string of the molecule is Cc1cc(C)c(N2C=[N+](c3c(C)cc(C)cc3C)C(CCC(F)(F)C(F)(F)C(F)(F)C(F)(F)C(F)(F)C(F)(F)F)C2CCC(F)(F)C(F)(F)C(F)(F)C(F)(F)C(F)(F)C(F)(F)F)c(C)c1.F[B-](F)(F)F. The van der Waals surface area contributed by atoms with Gasteiger partial charge in [-0.2, -0.15) is 114 Å². The van der Waals surface area contributed by atoms with Crippen molar-refractivity contribution in [2.75, 3.05) is 4.90 Å². The first-order chi connectivity index (χ1) is 30.6. The zero-order chi connectivity index (χ0) is 55.8. The summed E-state index contributed by atoms with van der Waals surface area (Å²) in [7, 11) is -6.00. The average molecular weight is 1090 g/mol. The molecule has 0 bridgehead atoms. The first kappa shape index (κ1) is 62.0. The minimum Gasteiger partial charge on any atom is -0.418 e. The second-order valence-electron chi connectivity index (χ2n) is 16.1. The predicted molar refractivity (Wildman–Crippen MR) is 188 cm³/mol. The molecule has 70 heavy (non-hydrogen) atoms. The molecule has 0 saturated carbocycles. The Balaban J connectivity index is 0.00000319. The Hall–Kier alpha value is -4.13. The van der Waals surface area contributed by atoms with Crippen molar-refractivity contribution in [1.29, 1.82) is 0 Å². The molecule has 1 aliphatic rings. The maximum Gasteiger partial charge on any atom is 0.673 e. The van der Waals surface area contributed by atoms with Gasteiger partial charge in [-0.25, -0.2) is 9.48 Å². The summed E-state index contributed by atoms with van der Waals surface area (Å²) in [5.41, 5.74) is 0.298. The van der Waals surface area contributed by atoms with Crippen molar-refractivity contribution in [2.24, 2.45) is 0 Å². The van der Waals surface area contributed by atoms with Gasteiger partial charge in [0.1, 0.15) is 23.5 Å². The summed E-state index contributed by atoms with van der Waals surface area (Å²) >= 11 is 0. The molecule has 2 nitrogen and oxygen atoms in total. The minimum absolute atomic E-state index is 0.0173. The smallest absolute Gasteiger partial charge is 0.418 e. The number of anilines is 1. The molecule has 3 rings (SSSR count). The van der Waals surface area contributed by atoms with Crippen LogP contribution in [0.3, 0.4) is 0 Å². The van der Waals surface area contributed by atoms with Crippen LogP contribution >= 0.6 is 0 Å². The van der Waals surface area contributed by atoms with Crippen molar-refractivity contribution < 1.29 is 136 Å². The average Bonchev–Trinajstić information content (AvgIpc) is 3.46. The van der Waals surface area contributed by atoms with Crippen LogP contribution in [0.15, 0.2) is 24.3 Å². The summed E-state index contributed by atoms with van der Waals surface area (Å²) < 4.78 is 405. The molecular weight excluding hydrogens is 1050 g/mol. The first-order valence-electron chi connectivity index (χ1n) is 18.9. The van der Waals surface area contributed by atoms with Crippen LogP contribution in [0.5, 0.6) is 0 Å². The molecule has 0 radical (unpaired) electrons. The van der Waals surface area contributed by atoms with E-state index in [1.54, 1.807) is 0 Å². The molecule has 2 aromatic rings. The lowest BCUT2D eigenvalue weighted by Crippen LogP contribution is -2.70. The minimum atomic E-state index is -8.34. The van der Waals surface area contributed by atoms with Gasteiger partial charge in [0.2, 0.25) is 6.34 Å². The lowest BCUT2D eigenvalue weighted by molar-refractivity contribution is -0.479. The highest BCUT2D eigenvalue weighted by atomic mass is 19.5. The number of rotatable bonds is 16. The van der Waals surface area contributed by atoms with E-state index in [1.165, 1.54) is 65.8 Å². The fourth-order valence-electron chi connectivity index (χ4n) is 7.52. The van der Waals surface area contributed by atoms with Crippen molar-refractivity contribution in [3.8, 4) is 0 Å². The molecule has 404 valence electrons. The maximum absolute atomic E-state index is 15.3. The van der Waals surface area contributed by atoms with Crippen molar-refractivity contribution in [1.82, 2.24) is 0 Å². The number of nitrogens with zero attached hydrogens (tertiary/aromatic N) is 2. The van der Waals surface area contributed by atoms with Gasteiger partial charge in [0, 0.05) is 12.8 Å². The van der Waals surface area contributed by atoms with Gasteiger partial charge in [-0.1, -0.05) is 35.4 Å². The van der Waals surface area contributed by atoms with Gasteiger partial charge in [0.15, 0.2) is 0 Å². The summed E-state index contributed by atoms with van der Waals surface area (Å²) in [6.45, 7) is 7.77. The van der Waals surface area contributed by atoms with E-state index in [4.69, 9.17) is 0 Å². The molecule has 0 amide bonds. The van der Waals surface area contributed by atoms with Crippen LogP contribution in [0.1, 0.15) is 59.1 Å². The van der Waals surface area contributed by atoms with Crippen LogP contribution in [0.2, 0.25) is 0 Å². The van der Waals surface area contributed by atoms with Gasteiger partial charge in [-0.05, 0) is 76.6 Å². The second kappa shape index (κ2) is 18.7. The fraction of sp³-hybridized carbons (Fsp3) is 0.649. The number of benzene rings is 2. The summed E-state index contributed by atoms with van der Waals surface area (Å²) in [6.07, 6.45) is -24.9. The van der Waals surface area contributed by atoms with E-state index in [0.29, 0.717) is 20.6 Å². The molecule has 1 aliphatic heterocycles. The van der Waals surface area contributed by atoms with Gasteiger partial charge in [0.05, 0.1) is 0 Å². The topological polar surface area (TPSA) is 6.25 Å². The van der Waals surface area contributed by atoms with E-state index in [0.717, 1.165) is 6.34 Å². The predicted octanol–water partition coefficient (Wildman–Crippen LogP) is 15.8. The summed E-state index contributed by atoms with van der Waals surface area (Å²) in [5, 5.41) is 0. The van der Waals surface area contributed by atoms with E-state index in [9.17, 15) is 114 Å². The molecular formula is C37H33BF30N2. The van der Waals surface area contributed by atoms with Crippen LogP contribution in [-0.4, -0.2) is 102 Å².